The van der Waals surface area contributed by atoms with Crippen molar-refractivity contribution in [1.29, 1.82) is 0 Å². The van der Waals surface area contributed by atoms with Gasteiger partial charge in [0.15, 0.2) is 0 Å². The summed E-state index contributed by atoms with van der Waals surface area (Å²) < 4.78 is 0. The second-order valence-electron chi connectivity index (χ2n) is 24.1. The minimum Gasteiger partial charge on any atom is -0.344 e. The number of anilines is 4. The Morgan fingerprint density at radius 2 is 0.588 bits per heavy atom. The summed E-state index contributed by atoms with van der Waals surface area (Å²) in [6, 6.07) is 111. The standard InChI is InChI=1S/C83H62N2/c1-84-73-48-19-17-46-71(73)82(55-28-7-3-8-29-55,56-30-9-4-10-31-56)79-64(42-26-50-75(79)84)59-37-23-39-62-68(59)54-69-60(38-24-40-63(69)77(62)67-44-25-41-66-61-36-15-16-45-70(61)81(78(66)67)52-21-22-53-81)65-43-27-51-76-80(65)83(57-32-11-5-12-33-57,58-34-13-6-14-35-58)72-47-18-20-49-74(72)85(76)2/h3-20,23-51,54H,21-22,52-53H2,1-2H3. The van der Waals surface area contributed by atoms with Crippen LogP contribution in [-0.4, -0.2) is 14.1 Å². The van der Waals surface area contributed by atoms with Gasteiger partial charge in [-0.2, -0.15) is 0 Å². The third kappa shape index (κ3) is 6.77. The molecule has 2 heterocycles. The van der Waals surface area contributed by atoms with Gasteiger partial charge in [0, 0.05) is 53.4 Å². The third-order valence-electron chi connectivity index (χ3n) is 20.3. The molecule has 0 saturated heterocycles. The molecule has 1 fully saturated rings. The van der Waals surface area contributed by atoms with Crippen molar-refractivity contribution in [2.45, 2.75) is 41.9 Å². The van der Waals surface area contributed by atoms with E-state index in [2.05, 4.69) is 315 Å². The summed E-state index contributed by atoms with van der Waals surface area (Å²) in [5.41, 5.74) is 26.8. The highest BCUT2D eigenvalue weighted by Crippen LogP contribution is 2.63. The lowest BCUT2D eigenvalue weighted by Gasteiger charge is -2.46. The van der Waals surface area contributed by atoms with E-state index in [1.807, 2.05) is 0 Å². The van der Waals surface area contributed by atoms with Crippen LogP contribution < -0.4 is 9.80 Å². The summed E-state index contributed by atoms with van der Waals surface area (Å²) >= 11 is 0. The van der Waals surface area contributed by atoms with Crippen molar-refractivity contribution in [3.8, 4) is 44.5 Å². The summed E-state index contributed by atoms with van der Waals surface area (Å²) in [6.45, 7) is 0. The molecule has 0 unspecified atom stereocenters. The first-order chi connectivity index (χ1) is 42.0. The first-order valence-corrected chi connectivity index (χ1v) is 30.4. The van der Waals surface area contributed by atoms with Gasteiger partial charge in [0.05, 0.1) is 10.8 Å². The highest BCUT2D eigenvalue weighted by atomic mass is 15.1. The average Bonchev–Trinajstić information content (AvgIpc) is 1.88. The Bertz CT molecular complexity index is 4480. The zero-order chi connectivity index (χ0) is 56.4. The van der Waals surface area contributed by atoms with Crippen LogP contribution in [0, 0.1) is 0 Å². The fourth-order valence-electron chi connectivity index (χ4n) is 17.1. The number of nitrogens with zero attached hydrogens (tertiary/aromatic N) is 2. The predicted octanol–water partition coefficient (Wildman–Crippen LogP) is 20.8. The van der Waals surface area contributed by atoms with Gasteiger partial charge >= 0.3 is 0 Å². The molecule has 0 amide bonds. The molecule has 4 aliphatic rings. The van der Waals surface area contributed by atoms with Crippen LogP contribution in [0.15, 0.2) is 291 Å². The summed E-state index contributed by atoms with van der Waals surface area (Å²) in [5.74, 6) is 0. The van der Waals surface area contributed by atoms with Gasteiger partial charge in [-0.1, -0.05) is 274 Å². The van der Waals surface area contributed by atoms with E-state index in [1.165, 1.54) is 157 Å². The van der Waals surface area contributed by atoms with Crippen LogP contribution in [0.5, 0.6) is 0 Å². The molecule has 13 aromatic rings. The molecule has 17 rings (SSSR count). The molecule has 0 atom stereocenters. The van der Waals surface area contributed by atoms with Gasteiger partial charge in [0.25, 0.3) is 0 Å². The highest BCUT2D eigenvalue weighted by molar-refractivity contribution is 6.20. The Kier molecular flexibility index (Phi) is 11.1. The number of rotatable bonds is 7. The Morgan fingerprint density at radius 3 is 1.05 bits per heavy atom. The van der Waals surface area contributed by atoms with E-state index >= 15 is 0 Å². The van der Waals surface area contributed by atoms with Gasteiger partial charge in [0.1, 0.15) is 0 Å². The van der Waals surface area contributed by atoms with E-state index < -0.39 is 10.8 Å². The lowest BCUT2D eigenvalue weighted by atomic mass is 9.60. The summed E-state index contributed by atoms with van der Waals surface area (Å²) in [6.07, 6.45) is 4.72. The van der Waals surface area contributed by atoms with Gasteiger partial charge in [-0.15, -0.1) is 0 Å². The number of para-hydroxylation sites is 2. The summed E-state index contributed by atoms with van der Waals surface area (Å²) in [5, 5.41) is 5.00. The van der Waals surface area contributed by atoms with Crippen LogP contribution in [0.25, 0.3) is 66.1 Å². The molecule has 404 valence electrons. The van der Waals surface area contributed by atoms with Crippen molar-refractivity contribution in [3.63, 3.8) is 0 Å². The number of benzene rings is 13. The van der Waals surface area contributed by atoms with Crippen LogP contribution >= 0.6 is 0 Å². The largest absolute Gasteiger partial charge is 0.344 e. The molecule has 13 aromatic carbocycles. The second kappa shape index (κ2) is 19.0. The van der Waals surface area contributed by atoms with Crippen molar-refractivity contribution in [2.24, 2.45) is 0 Å². The summed E-state index contributed by atoms with van der Waals surface area (Å²) in [4.78, 5) is 4.88. The Morgan fingerprint density at radius 1 is 0.259 bits per heavy atom. The number of hydrogen-bond acceptors (Lipinski definition) is 2. The lowest BCUT2D eigenvalue weighted by molar-refractivity contribution is 0.551. The zero-order valence-corrected chi connectivity index (χ0v) is 47.9. The van der Waals surface area contributed by atoms with E-state index in [1.54, 1.807) is 0 Å². The van der Waals surface area contributed by atoms with Crippen molar-refractivity contribution in [1.82, 2.24) is 0 Å². The molecular formula is C83H62N2. The molecule has 2 aliphatic carbocycles. The quantitative estimate of drug-likeness (QED) is 0.147. The number of fused-ring (bicyclic) bond motifs is 11. The minimum absolute atomic E-state index is 0.0743. The number of hydrogen-bond donors (Lipinski definition) is 0. The SMILES string of the molecule is CN1c2ccccc2C(c2ccccc2)(c2ccccc2)c2c(-c3cccc4c(-c5cccc6c5C5(CCCC5)c5ccccc5-6)c5cccc(-c6cccc7c6C(c6ccccc6)(c6ccccc6)c6ccccc6N7C)c5cc34)cccc21. The van der Waals surface area contributed by atoms with E-state index in [-0.39, 0.29) is 5.41 Å². The topological polar surface area (TPSA) is 6.48 Å². The molecule has 0 aromatic heterocycles. The fraction of sp³-hybridized carbons (Fsp3) is 0.108. The lowest BCUT2D eigenvalue weighted by Crippen LogP contribution is -2.38. The molecule has 1 saturated carbocycles. The Hall–Kier alpha value is -10.0. The van der Waals surface area contributed by atoms with E-state index in [4.69, 9.17) is 0 Å². The maximum atomic E-state index is 2.60. The summed E-state index contributed by atoms with van der Waals surface area (Å²) in [7, 11) is 4.52. The normalized spacial score (nSPS) is 15.5. The van der Waals surface area contributed by atoms with Crippen LogP contribution in [0.2, 0.25) is 0 Å². The molecule has 85 heavy (non-hydrogen) atoms. The molecule has 2 nitrogen and oxygen atoms in total. The van der Waals surface area contributed by atoms with Gasteiger partial charge in [-0.3, -0.25) is 0 Å². The third-order valence-corrected chi connectivity index (χ3v) is 20.3. The van der Waals surface area contributed by atoms with Crippen LogP contribution in [0.4, 0.5) is 22.7 Å². The molecule has 0 bridgehead atoms. The second-order valence-corrected chi connectivity index (χ2v) is 24.1. The first kappa shape index (κ1) is 49.6. The van der Waals surface area contributed by atoms with Gasteiger partial charge < -0.3 is 9.80 Å². The average molecular weight is 1090 g/mol. The van der Waals surface area contributed by atoms with Crippen LogP contribution in [-0.2, 0) is 16.2 Å². The minimum atomic E-state index is -0.672. The maximum Gasteiger partial charge on any atom is 0.0748 e. The van der Waals surface area contributed by atoms with Crippen LogP contribution in [0.3, 0.4) is 0 Å². The van der Waals surface area contributed by atoms with Crippen molar-refractivity contribution in [2.75, 3.05) is 23.9 Å². The van der Waals surface area contributed by atoms with Gasteiger partial charge in [0.2, 0.25) is 0 Å². The molecule has 1 spiro atoms. The molecule has 2 heteroatoms. The van der Waals surface area contributed by atoms with E-state index in [0.717, 1.165) is 12.8 Å². The smallest absolute Gasteiger partial charge is 0.0748 e. The molecule has 0 radical (unpaired) electrons. The highest BCUT2D eigenvalue weighted by Gasteiger charge is 2.50. The zero-order valence-electron chi connectivity index (χ0n) is 47.9. The van der Waals surface area contributed by atoms with E-state index in [0.29, 0.717) is 0 Å². The van der Waals surface area contributed by atoms with E-state index in [9.17, 15) is 0 Å². The molecule has 2 aliphatic heterocycles. The Balaban J connectivity index is 1.03. The Labute approximate surface area is 498 Å². The predicted molar refractivity (Wildman–Crippen MR) is 355 cm³/mol. The monoisotopic (exact) mass is 1090 g/mol. The van der Waals surface area contributed by atoms with Crippen molar-refractivity contribution in [3.05, 3.63) is 347 Å². The van der Waals surface area contributed by atoms with Crippen LogP contribution in [0.1, 0.15) is 81.3 Å². The van der Waals surface area contributed by atoms with Gasteiger partial charge in [-0.05, 0) is 154 Å². The first-order valence-electron chi connectivity index (χ1n) is 30.4. The van der Waals surface area contributed by atoms with Gasteiger partial charge in [-0.25, -0.2) is 0 Å². The molecule has 0 N–H and O–H groups in total. The molecular weight excluding hydrogens is 1020 g/mol. The fourth-order valence-corrected chi connectivity index (χ4v) is 17.1. The van der Waals surface area contributed by atoms with Crippen molar-refractivity contribution < 1.29 is 0 Å². The maximum absolute atomic E-state index is 2.60. The van der Waals surface area contributed by atoms with Crippen molar-refractivity contribution >= 4 is 44.3 Å².